The SMILES string of the molecule is CN(Cc1nnc(C2CC2)n1C)[C@H]1CCN(CC(=O)N2CCCC2)C1. The number of hydrogen-bond acceptors (Lipinski definition) is 5. The van der Waals surface area contributed by atoms with Gasteiger partial charge in [-0.05, 0) is 39.2 Å². The summed E-state index contributed by atoms with van der Waals surface area (Å²) in [4.78, 5) is 19.0. The summed E-state index contributed by atoms with van der Waals surface area (Å²) in [5.74, 6) is 3.14. The summed E-state index contributed by atoms with van der Waals surface area (Å²) in [6, 6.07) is 0.493. The summed E-state index contributed by atoms with van der Waals surface area (Å²) in [7, 11) is 4.26. The third-order valence-corrected chi connectivity index (χ3v) is 6.02. The van der Waals surface area contributed by atoms with Crippen LogP contribution in [0.4, 0.5) is 0 Å². The first-order chi connectivity index (χ1) is 12.1. The van der Waals surface area contributed by atoms with Gasteiger partial charge in [0.15, 0.2) is 0 Å². The molecule has 2 aliphatic heterocycles. The van der Waals surface area contributed by atoms with Gasteiger partial charge in [0.25, 0.3) is 0 Å². The maximum Gasteiger partial charge on any atom is 0.236 e. The summed E-state index contributed by atoms with van der Waals surface area (Å²) in [6.45, 7) is 5.30. The molecule has 0 unspecified atom stereocenters. The van der Waals surface area contributed by atoms with Crippen molar-refractivity contribution < 1.29 is 4.79 Å². The lowest BCUT2D eigenvalue weighted by molar-refractivity contribution is -0.131. The molecule has 7 heteroatoms. The third kappa shape index (κ3) is 3.72. The first kappa shape index (κ1) is 17.0. The molecule has 138 valence electrons. The van der Waals surface area contributed by atoms with Crippen LogP contribution >= 0.6 is 0 Å². The van der Waals surface area contributed by atoms with Crippen molar-refractivity contribution in [1.82, 2.24) is 29.5 Å². The van der Waals surface area contributed by atoms with Gasteiger partial charge in [-0.3, -0.25) is 14.6 Å². The molecule has 3 fully saturated rings. The van der Waals surface area contributed by atoms with Crippen LogP contribution in [-0.4, -0.2) is 81.2 Å². The molecule has 1 amide bonds. The van der Waals surface area contributed by atoms with Crippen molar-refractivity contribution in [2.24, 2.45) is 7.05 Å². The number of aromatic nitrogens is 3. The highest BCUT2D eigenvalue weighted by Crippen LogP contribution is 2.38. The van der Waals surface area contributed by atoms with Gasteiger partial charge in [-0.1, -0.05) is 0 Å². The van der Waals surface area contributed by atoms with Crippen LogP contribution in [0.3, 0.4) is 0 Å². The average Bonchev–Trinajstić information content (AvgIpc) is 3.02. The van der Waals surface area contributed by atoms with E-state index < -0.39 is 0 Å². The van der Waals surface area contributed by atoms with E-state index in [1.807, 2.05) is 4.90 Å². The second-order valence-corrected chi connectivity index (χ2v) is 7.99. The van der Waals surface area contributed by atoms with Crippen molar-refractivity contribution in [1.29, 1.82) is 0 Å². The Morgan fingerprint density at radius 1 is 1.16 bits per heavy atom. The van der Waals surface area contributed by atoms with Crippen LogP contribution in [0.15, 0.2) is 0 Å². The quantitative estimate of drug-likeness (QED) is 0.763. The maximum atomic E-state index is 12.3. The third-order valence-electron chi connectivity index (χ3n) is 6.02. The van der Waals surface area contributed by atoms with E-state index in [2.05, 4.69) is 38.7 Å². The number of carbonyl (C=O) groups is 1. The molecule has 0 aromatic carbocycles. The van der Waals surface area contributed by atoms with Crippen LogP contribution in [-0.2, 0) is 18.4 Å². The zero-order valence-electron chi connectivity index (χ0n) is 15.5. The summed E-state index contributed by atoms with van der Waals surface area (Å²) in [5, 5.41) is 8.79. The Morgan fingerprint density at radius 3 is 2.64 bits per heavy atom. The van der Waals surface area contributed by atoms with E-state index in [1.165, 1.54) is 12.8 Å². The van der Waals surface area contributed by atoms with E-state index in [1.54, 1.807) is 0 Å². The molecule has 1 aromatic heterocycles. The predicted molar refractivity (Wildman–Crippen MR) is 95.1 cm³/mol. The van der Waals surface area contributed by atoms with Crippen molar-refractivity contribution in [2.75, 3.05) is 39.8 Å². The molecule has 1 aliphatic carbocycles. The summed E-state index contributed by atoms with van der Waals surface area (Å²) in [6.07, 6.45) is 5.96. The lowest BCUT2D eigenvalue weighted by Gasteiger charge is -2.25. The Balaban J connectivity index is 1.28. The van der Waals surface area contributed by atoms with Gasteiger partial charge in [0, 0.05) is 45.2 Å². The van der Waals surface area contributed by atoms with Crippen LogP contribution < -0.4 is 0 Å². The molecule has 7 nitrogen and oxygen atoms in total. The van der Waals surface area contributed by atoms with Crippen LogP contribution in [0.5, 0.6) is 0 Å². The van der Waals surface area contributed by atoms with Crippen molar-refractivity contribution in [3.05, 3.63) is 11.6 Å². The number of hydrogen-bond donors (Lipinski definition) is 0. The molecule has 0 N–H and O–H groups in total. The highest BCUT2D eigenvalue weighted by molar-refractivity contribution is 5.78. The number of likely N-dealkylation sites (N-methyl/N-ethyl adjacent to an activating group) is 1. The smallest absolute Gasteiger partial charge is 0.236 e. The molecule has 3 aliphatic rings. The van der Waals surface area contributed by atoms with Crippen LogP contribution in [0.25, 0.3) is 0 Å². The maximum absolute atomic E-state index is 12.3. The van der Waals surface area contributed by atoms with Gasteiger partial charge in [-0.15, -0.1) is 10.2 Å². The minimum absolute atomic E-state index is 0.308. The zero-order chi connectivity index (χ0) is 17.4. The van der Waals surface area contributed by atoms with Gasteiger partial charge in [-0.25, -0.2) is 0 Å². The second kappa shape index (κ2) is 7.03. The highest BCUT2D eigenvalue weighted by atomic mass is 16.2. The molecule has 0 spiro atoms. The fraction of sp³-hybridized carbons (Fsp3) is 0.833. The predicted octanol–water partition coefficient (Wildman–Crippen LogP) is 0.821. The first-order valence-electron chi connectivity index (χ1n) is 9.70. The van der Waals surface area contributed by atoms with Gasteiger partial charge in [-0.2, -0.15) is 0 Å². The molecule has 0 bridgehead atoms. The fourth-order valence-electron chi connectivity index (χ4n) is 4.14. The van der Waals surface area contributed by atoms with E-state index in [0.717, 1.165) is 63.6 Å². The molecule has 1 atom stereocenters. The Morgan fingerprint density at radius 2 is 1.92 bits per heavy atom. The van der Waals surface area contributed by atoms with Gasteiger partial charge >= 0.3 is 0 Å². The van der Waals surface area contributed by atoms with E-state index in [0.29, 0.717) is 24.4 Å². The van der Waals surface area contributed by atoms with Crippen LogP contribution in [0.1, 0.15) is 49.7 Å². The Hall–Kier alpha value is -1.47. The molecule has 1 saturated carbocycles. The standard InChI is InChI=1S/C18H30N6O/c1-21(12-16-19-20-18(22(16)2)14-5-6-14)15-7-10-23(11-15)13-17(25)24-8-3-4-9-24/h14-15H,3-13H2,1-2H3/t15-/m0/s1. The van der Waals surface area contributed by atoms with Gasteiger partial charge in [0.05, 0.1) is 13.1 Å². The Bertz CT molecular complexity index is 619. The minimum Gasteiger partial charge on any atom is -0.342 e. The minimum atomic E-state index is 0.308. The van der Waals surface area contributed by atoms with Crippen molar-refractivity contribution in [3.8, 4) is 0 Å². The van der Waals surface area contributed by atoms with E-state index in [-0.39, 0.29) is 0 Å². The molecule has 2 saturated heterocycles. The highest BCUT2D eigenvalue weighted by Gasteiger charge is 2.31. The van der Waals surface area contributed by atoms with Crippen molar-refractivity contribution >= 4 is 5.91 Å². The van der Waals surface area contributed by atoms with Crippen molar-refractivity contribution in [2.45, 2.75) is 50.6 Å². The normalized spacial score (nSPS) is 24.6. The number of amides is 1. The lowest BCUT2D eigenvalue weighted by Crippen LogP contribution is -2.40. The second-order valence-electron chi connectivity index (χ2n) is 7.99. The number of likely N-dealkylation sites (tertiary alicyclic amines) is 2. The molecule has 4 rings (SSSR count). The van der Waals surface area contributed by atoms with Crippen LogP contribution in [0, 0.1) is 0 Å². The number of rotatable bonds is 6. The van der Waals surface area contributed by atoms with Gasteiger partial charge in [0.2, 0.25) is 5.91 Å². The number of nitrogens with zero attached hydrogens (tertiary/aromatic N) is 6. The summed E-state index contributed by atoms with van der Waals surface area (Å²) in [5.41, 5.74) is 0. The lowest BCUT2D eigenvalue weighted by atomic mass is 10.2. The van der Waals surface area contributed by atoms with E-state index >= 15 is 0 Å². The van der Waals surface area contributed by atoms with Crippen molar-refractivity contribution in [3.63, 3.8) is 0 Å². The monoisotopic (exact) mass is 346 g/mol. The molecule has 25 heavy (non-hydrogen) atoms. The van der Waals surface area contributed by atoms with E-state index in [4.69, 9.17) is 0 Å². The summed E-state index contributed by atoms with van der Waals surface area (Å²) >= 11 is 0. The zero-order valence-corrected chi connectivity index (χ0v) is 15.5. The average molecular weight is 346 g/mol. The summed E-state index contributed by atoms with van der Waals surface area (Å²) < 4.78 is 2.18. The molecule has 0 radical (unpaired) electrons. The fourth-order valence-corrected chi connectivity index (χ4v) is 4.14. The molecule has 1 aromatic rings. The Kier molecular flexibility index (Phi) is 4.78. The topological polar surface area (TPSA) is 57.5 Å². The van der Waals surface area contributed by atoms with E-state index in [9.17, 15) is 4.79 Å². The molecular weight excluding hydrogens is 316 g/mol. The number of carbonyl (C=O) groups excluding carboxylic acids is 1. The largest absolute Gasteiger partial charge is 0.342 e. The van der Waals surface area contributed by atoms with Crippen LogP contribution in [0.2, 0.25) is 0 Å². The Labute approximate surface area is 150 Å². The van der Waals surface area contributed by atoms with Gasteiger partial charge in [0.1, 0.15) is 11.6 Å². The molecule has 3 heterocycles. The molecular formula is C18H30N6O. The first-order valence-corrected chi connectivity index (χ1v) is 9.70. The van der Waals surface area contributed by atoms with Gasteiger partial charge < -0.3 is 9.47 Å².